The average molecular weight is 368 g/mol. The van der Waals surface area contributed by atoms with Gasteiger partial charge in [-0.05, 0) is 36.2 Å². The summed E-state index contributed by atoms with van der Waals surface area (Å²) in [7, 11) is 1.77. The minimum atomic E-state index is -4.38. The molecule has 0 spiro atoms. The highest BCUT2D eigenvalue weighted by molar-refractivity contribution is 5.78. The van der Waals surface area contributed by atoms with E-state index in [0.29, 0.717) is 30.8 Å². The van der Waals surface area contributed by atoms with Crippen LogP contribution in [0.15, 0.2) is 48.5 Å². The van der Waals surface area contributed by atoms with Gasteiger partial charge in [0.05, 0.1) is 17.7 Å². The molecule has 0 atom stereocenters. The number of anilines is 1. The Labute approximate surface area is 149 Å². The molecule has 140 valence electrons. The van der Waals surface area contributed by atoms with Gasteiger partial charge in [-0.25, -0.2) is 4.39 Å². The molecule has 0 radical (unpaired) electrons. The van der Waals surface area contributed by atoms with Gasteiger partial charge in [0, 0.05) is 20.1 Å². The zero-order valence-electron chi connectivity index (χ0n) is 14.3. The van der Waals surface area contributed by atoms with Crippen LogP contribution < -0.4 is 10.2 Å². The van der Waals surface area contributed by atoms with E-state index < -0.39 is 11.7 Å². The van der Waals surface area contributed by atoms with Gasteiger partial charge in [0.2, 0.25) is 5.91 Å². The van der Waals surface area contributed by atoms with Crippen molar-refractivity contribution >= 4 is 11.6 Å². The van der Waals surface area contributed by atoms with Crippen molar-refractivity contribution in [1.29, 1.82) is 0 Å². The molecule has 3 nitrogen and oxygen atoms in total. The Kier molecular flexibility index (Phi) is 6.60. The molecule has 0 bridgehead atoms. The maximum atomic E-state index is 13.6. The number of alkyl halides is 3. The highest BCUT2D eigenvalue weighted by atomic mass is 19.4. The van der Waals surface area contributed by atoms with Crippen molar-refractivity contribution in [1.82, 2.24) is 5.32 Å². The predicted octanol–water partition coefficient (Wildman–Crippen LogP) is 4.03. The molecule has 0 aliphatic heterocycles. The van der Waals surface area contributed by atoms with Crippen molar-refractivity contribution in [3.05, 3.63) is 65.5 Å². The van der Waals surface area contributed by atoms with Crippen LogP contribution in [0.5, 0.6) is 0 Å². The van der Waals surface area contributed by atoms with Gasteiger partial charge in [-0.1, -0.05) is 24.3 Å². The number of hydrogen-bond donors (Lipinski definition) is 1. The van der Waals surface area contributed by atoms with Gasteiger partial charge in [0.25, 0.3) is 0 Å². The molecule has 0 aromatic heterocycles. The van der Waals surface area contributed by atoms with Gasteiger partial charge in [0.15, 0.2) is 0 Å². The number of benzene rings is 2. The number of para-hydroxylation sites is 1. The monoisotopic (exact) mass is 368 g/mol. The van der Waals surface area contributed by atoms with Gasteiger partial charge in [-0.3, -0.25) is 4.79 Å². The Bertz CT molecular complexity index is 729. The van der Waals surface area contributed by atoms with Crippen LogP contribution in [0, 0.1) is 5.82 Å². The summed E-state index contributed by atoms with van der Waals surface area (Å²) in [5, 5.41) is 2.72. The van der Waals surface area contributed by atoms with E-state index in [4.69, 9.17) is 0 Å². The summed E-state index contributed by atoms with van der Waals surface area (Å²) in [4.78, 5) is 13.6. The van der Waals surface area contributed by atoms with Gasteiger partial charge in [0.1, 0.15) is 5.82 Å². The van der Waals surface area contributed by atoms with E-state index >= 15 is 0 Å². The molecule has 2 aromatic carbocycles. The summed E-state index contributed by atoms with van der Waals surface area (Å²) in [5.74, 6) is -0.570. The molecule has 0 aliphatic carbocycles. The van der Waals surface area contributed by atoms with Gasteiger partial charge in [-0.15, -0.1) is 0 Å². The summed E-state index contributed by atoms with van der Waals surface area (Å²) in [6, 6.07) is 11.0. The molecule has 0 heterocycles. The molecular formula is C19H20F4N2O. The second kappa shape index (κ2) is 8.69. The number of carbonyl (C=O) groups is 1. The smallest absolute Gasteiger partial charge is 0.372 e. The van der Waals surface area contributed by atoms with Crippen LogP contribution in [0.25, 0.3) is 0 Å². The molecule has 0 unspecified atom stereocenters. The van der Waals surface area contributed by atoms with Crippen molar-refractivity contribution in [3.63, 3.8) is 0 Å². The lowest BCUT2D eigenvalue weighted by atomic mass is 10.1. The van der Waals surface area contributed by atoms with Crippen molar-refractivity contribution in [2.75, 3.05) is 25.0 Å². The third kappa shape index (κ3) is 5.75. The molecule has 2 aromatic rings. The van der Waals surface area contributed by atoms with E-state index in [9.17, 15) is 22.4 Å². The van der Waals surface area contributed by atoms with Crippen molar-refractivity contribution < 1.29 is 22.4 Å². The fourth-order valence-corrected chi connectivity index (χ4v) is 2.49. The summed E-state index contributed by atoms with van der Waals surface area (Å²) in [5.41, 5.74) is 0.264. The van der Waals surface area contributed by atoms with E-state index in [1.165, 1.54) is 18.2 Å². The first-order chi connectivity index (χ1) is 12.3. The Morgan fingerprint density at radius 3 is 2.35 bits per heavy atom. The minimum Gasteiger partial charge on any atom is -0.372 e. The lowest BCUT2D eigenvalue weighted by Crippen LogP contribution is -2.29. The van der Waals surface area contributed by atoms with Crippen LogP contribution in [-0.4, -0.2) is 26.0 Å². The number of nitrogens with one attached hydrogen (secondary N) is 1. The molecule has 0 aliphatic rings. The van der Waals surface area contributed by atoms with E-state index in [2.05, 4.69) is 5.32 Å². The van der Waals surface area contributed by atoms with Gasteiger partial charge in [-0.2, -0.15) is 13.2 Å². The molecule has 2 rings (SSSR count). The van der Waals surface area contributed by atoms with E-state index in [1.54, 1.807) is 30.1 Å². The topological polar surface area (TPSA) is 32.3 Å². The number of carbonyl (C=O) groups excluding carboxylic acids is 1. The first-order valence-corrected chi connectivity index (χ1v) is 8.16. The van der Waals surface area contributed by atoms with Crippen LogP contribution >= 0.6 is 0 Å². The van der Waals surface area contributed by atoms with Crippen LogP contribution in [0.4, 0.5) is 23.2 Å². The lowest BCUT2D eigenvalue weighted by Gasteiger charge is -2.19. The fourth-order valence-electron chi connectivity index (χ4n) is 2.49. The largest absolute Gasteiger partial charge is 0.416 e. The van der Waals surface area contributed by atoms with Crippen molar-refractivity contribution in [3.8, 4) is 0 Å². The SMILES string of the molecule is CN(CCCNC(=O)Cc1ccc(C(F)(F)F)cc1)c1ccccc1F. The third-order valence-electron chi connectivity index (χ3n) is 3.90. The van der Waals surface area contributed by atoms with E-state index in [-0.39, 0.29) is 18.1 Å². The lowest BCUT2D eigenvalue weighted by molar-refractivity contribution is -0.137. The van der Waals surface area contributed by atoms with Gasteiger partial charge < -0.3 is 10.2 Å². The Balaban J connectivity index is 1.73. The number of halogens is 4. The molecule has 0 fully saturated rings. The third-order valence-corrected chi connectivity index (χ3v) is 3.90. The van der Waals surface area contributed by atoms with E-state index in [1.807, 2.05) is 0 Å². The zero-order valence-corrected chi connectivity index (χ0v) is 14.3. The predicted molar refractivity (Wildman–Crippen MR) is 92.4 cm³/mol. The first-order valence-electron chi connectivity index (χ1n) is 8.16. The second-order valence-electron chi connectivity index (χ2n) is 5.95. The molecule has 1 N–H and O–H groups in total. The summed E-state index contributed by atoms with van der Waals surface area (Å²) in [6.07, 6.45) is -3.75. The molecular weight excluding hydrogens is 348 g/mol. The Hall–Kier alpha value is -2.57. The fraction of sp³-hybridized carbons (Fsp3) is 0.316. The molecule has 1 amide bonds. The molecule has 0 saturated heterocycles. The molecule has 7 heteroatoms. The molecule has 0 saturated carbocycles. The Morgan fingerprint density at radius 1 is 1.08 bits per heavy atom. The average Bonchev–Trinajstić information content (AvgIpc) is 2.58. The van der Waals surface area contributed by atoms with Crippen LogP contribution in [0.2, 0.25) is 0 Å². The van der Waals surface area contributed by atoms with Gasteiger partial charge >= 0.3 is 6.18 Å². The minimum absolute atomic E-state index is 0.0152. The number of rotatable bonds is 7. The standard InChI is InChI=1S/C19H20F4N2O/c1-25(17-6-3-2-5-16(17)20)12-4-11-24-18(26)13-14-7-9-15(10-8-14)19(21,22)23/h2-3,5-10H,4,11-13H2,1H3,(H,24,26). The highest BCUT2D eigenvalue weighted by Crippen LogP contribution is 2.29. The normalized spacial score (nSPS) is 11.3. The zero-order chi connectivity index (χ0) is 19.2. The summed E-state index contributed by atoms with van der Waals surface area (Å²) in [6.45, 7) is 0.958. The first kappa shape index (κ1) is 19.8. The summed E-state index contributed by atoms with van der Waals surface area (Å²) >= 11 is 0. The number of hydrogen-bond acceptors (Lipinski definition) is 2. The second-order valence-corrected chi connectivity index (χ2v) is 5.95. The van der Waals surface area contributed by atoms with Crippen LogP contribution in [-0.2, 0) is 17.4 Å². The highest BCUT2D eigenvalue weighted by Gasteiger charge is 2.29. The van der Waals surface area contributed by atoms with Crippen molar-refractivity contribution in [2.45, 2.75) is 19.0 Å². The van der Waals surface area contributed by atoms with Crippen molar-refractivity contribution in [2.24, 2.45) is 0 Å². The molecule has 26 heavy (non-hydrogen) atoms. The van der Waals surface area contributed by atoms with Crippen LogP contribution in [0.3, 0.4) is 0 Å². The Morgan fingerprint density at radius 2 is 1.73 bits per heavy atom. The van der Waals surface area contributed by atoms with Crippen LogP contribution in [0.1, 0.15) is 17.5 Å². The summed E-state index contributed by atoms with van der Waals surface area (Å²) < 4.78 is 51.1. The number of nitrogens with zero attached hydrogens (tertiary/aromatic N) is 1. The maximum Gasteiger partial charge on any atom is 0.416 e. The number of amides is 1. The quantitative estimate of drug-likeness (QED) is 0.591. The van der Waals surface area contributed by atoms with E-state index in [0.717, 1.165) is 12.1 Å². The maximum absolute atomic E-state index is 13.6.